The van der Waals surface area contributed by atoms with Gasteiger partial charge in [-0.05, 0) is 52.0 Å². The van der Waals surface area contributed by atoms with Gasteiger partial charge in [-0.3, -0.25) is 0 Å². The van der Waals surface area contributed by atoms with Crippen molar-refractivity contribution < 1.29 is 13.9 Å². The molecule has 0 atom stereocenters. The fourth-order valence-electron chi connectivity index (χ4n) is 1.95. The van der Waals surface area contributed by atoms with Gasteiger partial charge >= 0.3 is 11.6 Å². The highest BCUT2D eigenvalue weighted by atomic mass is 35.5. The number of fused-ring (bicyclic) bond motifs is 1. The predicted molar refractivity (Wildman–Crippen MR) is 93.8 cm³/mol. The van der Waals surface area contributed by atoms with Gasteiger partial charge < -0.3 is 14.5 Å². The highest BCUT2D eigenvalue weighted by Gasteiger charge is 2.18. The number of carbonyl (C=O) groups is 1. The van der Waals surface area contributed by atoms with Gasteiger partial charge in [0.2, 0.25) is 0 Å². The maximum Gasteiger partial charge on any atom is 0.353 e. The average Bonchev–Trinajstić information content (AvgIpc) is 2.45. The molecule has 0 saturated carbocycles. The molecule has 0 radical (unpaired) electrons. The molecule has 128 valence electrons. The van der Waals surface area contributed by atoms with E-state index in [0.717, 1.165) is 0 Å². The Morgan fingerprint density at radius 1 is 1.25 bits per heavy atom. The van der Waals surface area contributed by atoms with Crippen molar-refractivity contribution in [3.8, 4) is 0 Å². The van der Waals surface area contributed by atoms with Crippen LogP contribution in [0.25, 0.3) is 11.0 Å². The Bertz CT molecular complexity index is 840. The zero-order valence-corrected chi connectivity index (χ0v) is 14.7. The zero-order chi connectivity index (χ0) is 17.9. The Labute approximate surface area is 144 Å². The van der Waals surface area contributed by atoms with Gasteiger partial charge in [0.15, 0.2) is 0 Å². The summed E-state index contributed by atoms with van der Waals surface area (Å²) in [7, 11) is 0. The van der Waals surface area contributed by atoms with Crippen LogP contribution in [0, 0.1) is 0 Å². The van der Waals surface area contributed by atoms with E-state index in [1.165, 1.54) is 6.07 Å². The third-order valence-electron chi connectivity index (χ3n) is 2.89. The number of aliphatic imine (C=N–C) groups is 1. The van der Waals surface area contributed by atoms with E-state index < -0.39 is 11.6 Å². The summed E-state index contributed by atoms with van der Waals surface area (Å²) in [6.45, 7) is 7.47. The lowest BCUT2D eigenvalue weighted by atomic mass is 10.2. The summed E-state index contributed by atoms with van der Waals surface area (Å²) < 4.78 is 10.4. The second-order valence-corrected chi connectivity index (χ2v) is 6.28. The molecule has 1 N–H and O–H groups in total. The van der Waals surface area contributed by atoms with Gasteiger partial charge in [-0.1, -0.05) is 11.6 Å². The topological polar surface area (TPSA) is 80.9 Å². The Hall–Kier alpha value is -2.34. The summed E-state index contributed by atoms with van der Waals surface area (Å²) in [6, 6.07) is 6.18. The van der Waals surface area contributed by atoms with E-state index in [4.69, 9.17) is 20.8 Å². The highest BCUT2D eigenvalue weighted by molar-refractivity contribution is 6.31. The first-order chi connectivity index (χ1) is 11.3. The van der Waals surface area contributed by atoms with E-state index in [1.807, 2.05) is 27.7 Å². The summed E-state index contributed by atoms with van der Waals surface area (Å²) in [5.41, 5.74) is -0.646. The van der Waals surface area contributed by atoms with Crippen molar-refractivity contribution in [1.29, 1.82) is 0 Å². The van der Waals surface area contributed by atoms with Crippen LogP contribution < -0.4 is 10.9 Å². The number of hydrogen-bond acceptors (Lipinski definition) is 5. The molecule has 0 fully saturated rings. The third kappa shape index (κ3) is 4.58. The first-order valence-electron chi connectivity index (χ1n) is 7.56. The van der Waals surface area contributed by atoms with Crippen LogP contribution in [-0.2, 0) is 4.74 Å². The third-order valence-corrected chi connectivity index (χ3v) is 3.13. The Morgan fingerprint density at radius 3 is 2.58 bits per heavy atom. The van der Waals surface area contributed by atoms with Crippen molar-refractivity contribution >= 4 is 34.6 Å². The number of hydrogen-bond donors (Lipinski definition) is 1. The lowest BCUT2D eigenvalue weighted by Gasteiger charge is -2.13. The fourth-order valence-corrected chi connectivity index (χ4v) is 2.13. The van der Waals surface area contributed by atoms with Crippen LogP contribution in [0.1, 0.15) is 38.1 Å². The van der Waals surface area contributed by atoms with Crippen LogP contribution >= 0.6 is 11.6 Å². The standard InChI is InChI=1S/C17H19ClN2O4/c1-9(2)19-17(20-10(3)4)24-16(22)13-8-11-7-12(18)5-6-14(11)23-15(13)21/h5-10H,1-4H3,(H,19,20). The van der Waals surface area contributed by atoms with Crippen LogP contribution in [0.15, 0.2) is 38.5 Å². The summed E-state index contributed by atoms with van der Waals surface area (Å²) in [5, 5.41) is 3.94. The first-order valence-corrected chi connectivity index (χ1v) is 7.94. The number of benzene rings is 1. The molecule has 24 heavy (non-hydrogen) atoms. The Balaban J connectivity index is 2.36. The molecule has 0 unspecified atom stereocenters. The molecule has 1 aromatic heterocycles. The number of amidine groups is 1. The van der Waals surface area contributed by atoms with E-state index in [2.05, 4.69) is 10.3 Å². The molecule has 7 heteroatoms. The van der Waals surface area contributed by atoms with Gasteiger partial charge in [0.05, 0.1) is 0 Å². The highest BCUT2D eigenvalue weighted by Crippen LogP contribution is 2.19. The van der Waals surface area contributed by atoms with Gasteiger partial charge in [-0.25, -0.2) is 14.6 Å². The number of esters is 1. The van der Waals surface area contributed by atoms with E-state index in [-0.39, 0.29) is 23.7 Å². The zero-order valence-electron chi connectivity index (χ0n) is 13.9. The van der Waals surface area contributed by atoms with Crippen LogP contribution in [0.5, 0.6) is 0 Å². The van der Waals surface area contributed by atoms with E-state index in [0.29, 0.717) is 16.0 Å². The van der Waals surface area contributed by atoms with Gasteiger partial charge in [0, 0.05) is 22.5 Å². The minimum Gasteiger partial charge on any atom is -0.422 e. The van der Waals surface area contributed by atoms with Crippen molar-refractivity contribution in [3.05, 3.63) is 45.3 Å². The number of halogens is 1. The lowest BCUT2D eigenvalue weighted by molar-refractivity contribution is 0.0701. The molecule has 0 saturated heterocycles. The monoisotopic (exact) mass is 350 g/mol. The van der Waals surface area contributed by atoms with Crippen LogP contribution in [-0.4, -0.2) is 24.1 Å². The molecule has 0 aliphatic heterocycles. The van der Waals surface area contributed by atoms with Crippen LogP contribution in [0.2, 0.25) is 5.02 Å². The molecule has 0 aliphatic rings. The largest absolute Gasteiger partial charge is 0.422 e. The SMILES string of the molecule is CC(C)N=C(NC(C)C)OC(=O)c1cc2cc(Cl)ccc2oc1=O. The molecule has 1 aromatic carbocycles. The molecule has 0 bridgehead atoms. The van der Waals surface area contributed by atoms with Gasteiger partial charge in [-0.2, -0.15) is 0 Å². The fraction of sp³-hybridized carbons (Fsp3) is 0.353. The van der Waals surface area contributed by atoms with E-state index in [9.17, 15) is 9.59 Å². The molecule has 2 rings (SSSR count). The number of carbonyl (C=O) groups excluding carboxylic acids is 1. The van der Waals surface area contributed by atoms with Crippen molar-refractivity contribution in [2.24, 2.45) is 4.99 Å². The quantitative estimate of drug-likeness (QED) is 0.397. The summed E-state index contributed by atoms with van der Waals surface area (Å²) in [5.74, 6) is -0.835. The summed E-state index contributed by atoms with van der Waals surface area (Å²) in [6.07, 6.45) is 0. The van der Waals surface area contributed by atoms with E-state index in [1.54, 1.807) is 18.2 Å². The minimum absolute atomic E-state index is 0.0159. The Morgan fingerprint density at radius 2 is 1.96 bits per heavy atom. The van der Waals surface area contributed by atoms with Gasteiger partial charge in [0.1, 0.15) is 11.1 Å². The van der Waals surface area contributed by atoms with Crippen molar-refractivity contribution in [3.63, 3.8) is 0 Å². The van der Waals surface area contributed by atoms with Gasteiger partial charge in [-0.15, -0.1) is 0 Å². The normalized spacial score (nSPS) is 12.0. The maximum atomic E-state index is 12.3. The second kappa shape index (κ2) is 7.49. The van der Waals surface area contributed by atoms with Crippen molar-refractivity contribution in [2.45, 2.75) is 39.8 Å². The Kier molecular flexibility index (Phi) is 5.62. The van der Waals surface area contributed by atoms with Crippen LogP contribution in [0.3, 0.4) is 0 Å². The number of rotatable bonds is 3. The maximum absolute atomic E-state index is 12.3. The van der Waals surface area contributed by atoms with E-state index >= 15 is 0 Å². The molecular weight excluding hydrogens is 332 g/mol. The lowest BCUT2D eigenvalue weighted by Crippen LogP contribution is -2.35. The predicted octanol–water partition coefficient (Wildman–Crippen LogP) is 3.37. The smallest absolute Gasteiger partial charge is 0.353 e. The molecule has 0 spiro atoms. The molecule has 0 aliphatic carbocycles. The van der Waals surface area contributed by atoms with Crippen molar-refractivity contribution in [2.75, 3.05) is 0 Å². The molecule has 6 nitrogen and oxygen atoms in total. The summed E-state index contributed by atoms with van der Waals surface area (Å²) in [4.78, 5) is 28.6. The molecule has 0 amide bonds. The van der Waals surface area contributed by atoms with Crippen LogP contribution in [0.4, 0.5) is 0 Å². The molecule has 2 aromatic rings. The van der Waals surface area contributed by atoms with Gasteiger partial charge in [0.25, 0.3) is 6.02 Å². The number of nitrogens with zero attached hydrogens (tertiary/aromatic N) is 1. The number of ether oxygens (including phenoxy) is 1. The summed E-state index contributed by atoms with van der Waals surface area (Å²) >= 11 is 5.92. The number of nitrogens with one attached hydrogen (secondary N) is 1. The van der Waals surface area contributed by atoms with Crippen molar-refractivity contribution in [1.82, 2.24) is 5.32 Å². The first kappa shape index (κ1) is 18.0. The molecular formula is C17H19ClN2O4. The average molecular weight is 351 g/mol. The minimum atomic E-state index is -0.835. The second-order valence-electron chi connectivity index (χ2n) is 5.85. The molecule has 1 heterocycles.